The molecule has 6 nitrogen and oxygen atoms in total. The molecular formula is C16H28N2O4. The minimum absolute atomic E-state index is 0.165. The molecule has 2 N–H and O–H groups in total. The number of Topliss-reactive ketones (excluding diaryl/α,β-unsaturated/α-hetero) is 1. The highest BCUT2D eigenvalue weighted by Gasteiger charge is 2.49. The SMILES string of the molecule is CC(=O)[C@H]1O[C@@H]1C(=O)N[C@@H](CC(C)C)C(=O)NCCC(C)C. The van der Waals surface area contributed by atoms with E-state index in [0.29, 0.717) is 18.9 Å². The Hall–Kier alpha value is -1.43. The van der Waals surface area contributed by atoms with Gasteiger partial charge in [0, 0.05) is 6.54 Å². The predicted octanol–water partition coefficient (Wildman–Crippen LogP) is 1.04. The monoisotopic (exact) mass is 312 g/mol. The zero-order valence-corrected chi connectivity index (χ0v) is 14.1. The first-order valence-corrected chi connectivity index (χ1v) is 7.96. The highest BCUT2D eigenvalue weighted by molar-refractivity contribution is 5.96. The number of nitrogens with one attached hydrogen (secondary N) is 2. The van der Waals surface area contributed by atoms with Gasteiger partial charge in [-0.3, -0.25) is 14.4 Å². The fraction of sp³-hybridized carbons (Fsp3) is 0.812. The van der Waals surface area contributed by atoms with Gasteiger partial charge in [-0.15, -0.1) is 0 Å². The maximum absolute atomic E-state index is 12.2. The Labute approximate surface area is 132 Å². The second kappa shape index (κ2) is 8.27. The van der Waals surface area contributed by atoms with Gasteiger partial charge < -0.3 is 15.4 Å². The Morgan fingerprint density at radius 1 is 1.05 bits per heavy atom. The van der Waals surface area contributed by atoms with Crippen LogP contribution in [0.1, 0.15) is 47.5 Å². The lowest BCUT2D eigenvalue weighted by atomic mass is 10.0. The number of carbonyl (C=O) groups is 3. The third-order valence-electron chi connectivity index (χ3n) is 3.51. The van der Waals surface area contributed by atoms with Gasteiger partial charge in [-0.1, -0.05) is 27.7 Å². The number of epoxide rings is 1. The van der Waals surface area contributed by atoms with Gasteiger partial charge in [-0.25, -0.2) is 0 Å². The van der Waals surface area contributed by atoms with E-state index < -0.39 is 18.2 Å². The topological polar surface area (TPSA) is 87.8 Å². The number of ketones is 1. The summed E-state index contributed by atoms with van der Waals surface area (Å²) in [5.41, 5.74) is 0. The second-order valence-electron chi connectivity index (χ2n) is 6.75. The van der Waals surface area contributed by atoms with Crippen LogP contribution in [0.2, 0.25) is 0 Å². The van der Waals surface area contributed by atoms with Gasteiger partial charge in [0.25, 0.3) is 5.91 Å². The molecule has 0 aromatic heterocycles. The van der Waals surface area contributed by atoms with Gasteiger partial charge in [0.15, 0.2) is 18.0 Å². The van der Waals surface area contributed by atoms with Crippen molar-refractivity contribution < 1.29 is 19.1 Å². The average Bonchev–Trinajstić information content (AvgIpc) is 3.16. The van der Waals surface area contributed by atoms with E-state index in [9.17, 15) is 14.4 Å². The van der Waals surface area contributed by atoms with Gasteiger partial charge in [0.05, 0.1) is 0 Å². The maximum atomic E-state index is 12.2. The molecule has 22 heavy (non-hydrogen) atoms. The van der Waals surface area contributed by atoms with Crippen molar-refractivity contribution in [3.63, 3.8) is 0 Å². The number of hydrogen-bond acceptors (Lipinski definition) is 4. The Morgan fingerprint density at radius 2 is 1.68 bits per heavy atom. The van der Waals surface area contributed by atoms with E-state index in [-0.39, 0.29) is 23.5 Å². The van der Waals surface area contributed by atoms with Gasteiger partial charge in [-0.2, -0.15) is 0 Å². The molecule has 1 heterocycles. The normalized spacial score (nSPS) is 21.6. The van der Waals surface area contributed by atoms with E-state index in [0.717, 1.165) is 6.42 Å². The first kappa shape index (κ1) is 18.6. The van der Waals surface area contributed by atoms with Crippen LogP contribution in [0.5, 0.6) is 0 Å². The van der Waals surface area contributed by atoms with Gasteiger partial charge in [0.1, 0.15) is 6.04 Å². The lowest BCUT2D eigenvalue weighted by Gasteiger charge is -2.20. The summed E-state index contributed by atoms with van der Waals surface area (Å²) in [5, 5.41) is 5.56. The Balaban J connectivity index is 2.51. The van der Waals surface area contributed by atoms with E-state index in [1.807, 2.05) is 13.8 Å². The molecule has 3 atom stereocenters. The summed E-state index contributed by atoms with van der Waals surface area (Å²) in [6.45, 7) is 10.1. The third kappa shape index (κ3) is 6.13. The molecule has 0 aromatic rings. The summed E-state index contributed by atoms with van der Waals surface area (Å²) in [4.78, 5) is 35.4. The minimum Gasteiger partial charge on any atom is -0.354 e. The average molecular weight is 312 g/mol. The maximum Gasteiger partial charge on any atom is 0.253 e. The highest BCUT2D eigenvalue weighted by Crippen LogP contribution is 2.23. The predicted molar refractivity (Wildman–Crippen MR) is 83.2 cm³/mol. The zero-order chi connectivity index (χ0) is 16.9. The summed E-state index contributed by atoms with van der Waals surface area (Å²) in [5.74, 6) is 0.0500. The Morgan fingerprint density at radius 3 is 2.14 bits per heavy atom. The van der Waals surface area contributed by atoms with Crippen LogP contribution in [0, 0.1) is 11.8 Å². The summed E-state index contributed by atoms with van der Waals surface area (Å²) in [6.07, 6.45) is 0.0579. The van der Waals surface area contributed by atoms with Crippen molar-refractivity contribution in [2.45, 2.75) is 65.7 Å². The van der Waals surface area contributed by atoms with E-state index in [4.69, 9.17) is 4.74 Å². The minimum atomic E-state index is -0.740. The van der Waals surface area contributed by atoms with Gasteiger partial charge in [-0.05, 0) is 31.6 Å². The van der Waals surface area contributed by atoms with E-state index in [1.54, 1.807) is 0 Å². The molecule has 0 aromatic carbocycles. The molecule has 0 aliphatic carbocycles. The summed E-state index contributed by atoms with van der Waals surface area (Å²) in [7, 11) is 0. The van der Waals surface area contributed by atoms with Gasteiger partial charge in [0.2, 0.25) is 5.91 Å². The molecule has 0 saturated carbocycles. The Kier molecular flexibility index (Phi) is 7.00. The van der Waals surface area contributed by atoms with Crippen LogP contribution in [0.25, 0.3) is 0 Å². The molecule has 1 fully saturated rings. The van der Waals surface area contributed by atoms with Crippen molar-refractivity contribution in [2.75, 3.05) is 6.54 Å². The molecular weight excluding hydrogens is 284 g/mol. The molecule has 1 saturated heterocycles. The van der Waals surface area contributed by atoms with Crippen molar-refractivity contribution >= 4 is 17.6 Å². The molecule has 0 bridgehead atoms. The number of carbonyl (C=O) groups excluding carboxylic acids is 3. The second-order valence-corrected chi connectivity index (χ2v) is 6.75. The highest BCUT2D eigenvalue weighted by atomic mass is 16.6. The first-order valence-electron chi connectivity index (χ1n) is 7.96. The van der Waals surface area contributed by atoms with E-state index in [2.05, 4.69) is 24.5 Å². The lowest BCUT2D eigenvalue weighted by molar-refractivity contribution is -0.130. The largest absolute Gasteiger partial charge is 0.354 e. The molecule has 0 unspecified atom stereocenters. The van der Waals surface area contributed by atoms with Crippen LogP contribution >= 0.6 is 0 Å². The van der Waals surface area contributed by atoms with Crippen LogP contribution in [0.4, 0.5) is 0 Å². The standard InChI is InChI=1S/C16H28N2O4/c1-9(2)6-7-17-15(20)12(8-10(3)4)18-16(21)14-13(22-14)11(5)19/h9-10,12-14H,6-8H2,1-5H3,(H,17,20)(H,18,21)/t12-,13+,14-/m0/s1. The number of rotatable bonds is 9. The molecule has 126 valence electrons. The molecule has 0 radical (unpaired) electrons. The van der Waals surface area contributed by atoms with Crippen LogP contribution in [0.15, 0.2) is 0 Å². The fourth-order valence-corrected chi connectivity index (χ4v) is 2.18. The van der Waals surface area contributed by atoms with E-state index in [1.165, 1.54) is 6.92 Å². The van der Waals surface area contributed by atoms with E-state index >= 15 is 0 Å². The fourth-order valence-electron chi connectivity index (χ4n) is 2.18. The lowest BCUT2D eigenvalue weighted by Crippen LogP contribution is -2.49. The Bertz CT molecular complexity index is 420. The quantitative estimate of drug-likeness (QED) is 0.623. The number of hydrogen-bond donors (Lipinski definition) is 2. The molecule has 0 spiro atoms. The number of amides is 2. The molecule has 1 aliphatic rings. The van der Waals surface area contributed by atoms with Crippen molar-refractivity contribution in [3.05, 3.63) is 0 Å². The summed E-state index contributed by atoms with van der Waals surface area (Å²) < 4.78 is 5.05. The van der Waals surface area contributed by atoms with Crippen molar-refractivity contribution in [1.29, 1.82) is 0 Å². The van der Waals surface area contributed by atoms with Crippen molar-refractivity contribution in [3.8, 4) is 0 Å². The van der Waals surface area contributed by atoms with Crippen molar-refractivity contribution in [1.82, 2.24) is 10.6 Å². The summed E-state index contributed by atoms with van der Waals surface area (Å²) >= 11 is 0. The third-order valence-corrected chi connectivity index (χ3v) is 3.51. The molecule has 6 heteroatoms. The van der Waals surface area contributed by atoms with Crippen LogP contribution in [0.3, 0.4) is 0 Å². The molecule has 1 aliphatic heterocycles. The van der Waals surface area contributed by atoms with Crippen molar-refractivity contribution in [2.24, 2.45) is 11.8 Å². The van der Waals surface area contributed by atoms with Crippen LogP contribution < -0.4 is 10.6 Å². The molecule has 1 rings (SSSR count). The first-order chi connectivity index (χ1) is 10.2. The van der Waals surface area contributed by atoms with Crippen LogP contribution in [-0.4, -0.2) is 42.4 Å². The number of ether oxygens (including phenoxy) is 1. The van der Waals surface area contributed by atoms with Crippen LogP contribution in [-0.2, 0) is 19.1 Å². The summed E-state index contributed by atoms with van der Waals surface area (Å²) in [6, 6.07) is -0.587. The zero-order valence-electron chi connectivity index (χ0n) is 14.1. The smallest absolute Gasteiger partial charge is 0.253 e. The molecule has 2 amide bonds. The van der Waals surface area contributed by atoms with Gasteiger partial charge >= 0.3 is 0 Å².